The molecule has 0 amide bonds. The first-order valence-corrected chi connectivity index (χ1v) is 9.58. The van der Waals surface area contributed by atoms with Crippen molar-refractivity contribution < 1.29 is 18.0 Å². The Morgan fingerprint density at radius 2 is 1.60 bits per heavy atom. The fraction of sp³-hybridized carbons (Fsp3) is 0.120. The molecular weight excluding hydrogens is 387 g/mol. The molecule has 1 heterocycles. The topological polar surface area (TPSA) is 30.0 Å². The number of alkyl halides is 3. The first-order valence-electron chi connectivity index (χ1n) is 9.58. The van der Waals surface area contributed by atoms with Crippen molar-refractivity contribution in [3.8, 4) is 11.1 Å². The van der Waals surface area contributed by atoms with Crippen LogP contribution in [-0.4, -0.2) is 10.8 Å². The number of ketones is 1. The lowest BCUT2D eigenvalue weighted by atomic mass is 9.91. The molecule has 0 saturated heterocycles. The number of para-hydroxylation sites is 1. The highest BCUT2D eigenvalue weighted by Gasteiger charge is 2.34. The predicted octanol–water partition coefficient (Wildman–Crippen LogP) is 6.71. The molecule has 0 radical (unpaired) electrons. The van der Waals surface area contributed by atoms with Crippen molar-refractivity contribution in [2.45, 2.75) is 19.5 Å². The number of halogens is 3. The van der Waals surface area contributed by atoms with Crippen LogP contribution in [-0.2, 0) is 12.6 Å². The van der Waals surface area contributed by atoms with Gasteiger partial charge < -0.3 is 0 Å². The Balaban J connectivity index is 1.99. The highest BCUT2D eigenvalue weighted by molar-refractivity contribution is 6.16. The van der Waals surface area contributed by atoms with Crippen molar-refractivity contribution in [2.75, 3.05) is 0 Å². The van der Waals surface area contributed by atoms with Gasteiger partial charge in [0.2, 0.25) is 0 Å². The third-order valence-electron chi connectivity index (χ3n) is 5.13. The Labute approximate surface area is 172 Å². The first-order chi connectivity index (χ1) is 14.4. The summed E-state index contributed by atoms with van der Waals surface area (Å²) < 4.78 is 40.6. The van der Waals surface area contributed by atoms with Crippen LogP contribution in [0, 0.1) is 0 Å². The molecule has 0 aliphatic rings. The molecule has 5 heteroatoms. The molecule has 0 atom stereocenters. The van der Waals surface area contributed by atoms with Gasteiger partial charge in [-0.15, -0.1) is 0 Å². The zero-order chi connectivity index (χ0) is 21.3. The van der Waals surface area contributed by atoms with Gasteiger partial charge in [-0.1, -0.05) is 73.7 Å². The molecule has 0 fully saturated rings. The minimum atomic E-state index is -4.54. The Morgan fingerprint density at radius 1 is 0.900 bits per heavy atom. The third-order valence-corrected chi connectivity index (χ3v) is 5.13. The normalized spacial score (nSPS) is 11.6. The lowest BCUT2D eigenvalue weighted by Gasteiger charge is -2.16. The number of carbonyl (C=O) groups excluding carboxylic acids is 1. The second-order valence-corrected chi connectivity index (χ2v) is 6.99. The van der Waals surface area contributed by atoms with Crippen LogP contribution in [0.4, 0.5) is 13.2 Å². The van der Waals surface area contributed by atoms with Crippen molar-refractivity contribution >= 4 is 16.7 Å². The highest BCUT2D eigenvalue weighted by Crippen LogP contribution is 2.38. The molecule has 150 valence electrons. The van der Waals surface area contributed by atoms with E-state index in [0.29, 0.717) is 22.1 Å². The molecule has 3 aromatic carbocycles. The Hall–Kier alpha value is -3.47. The summed E-state index contributed by atoms with van der Waals surface area (Å²) in [6.45, 7) is 2.02. The van der Waals surface area contributed by atoms with E-state index in [1.165, 1.54) is 12.3 Å². The van der Waals surface area contributed by atoms with E-state index in [0.717, 1.165) is 18.1 Å². The molecule has 0 saturated carbocycles. The van der Waals surface area contributed by atoms with Gasteiger partial charge in [0, 0.05) is 28.3 Å². The van der Waals surface area contributed by atoms with Crippen LogP contribution in [0.15, 0.2) is 79.0 Å². The van der Waals surface area contributed by atoms with Crippen molar-refractivity contribution in [3.63, 3.8) is 0 Å². The summed E-state index contributed by atoms with van der Waals surface area (Å²) in [7, 11) is 0. The van der Waals surface area contributed by atoms with E-state index >= 15 is 0 Å². The van der Waals surface area contributed by atoms with E-state index in [1.54, 1.807) is 42.5 Å². The smallest absolute Gasteiger partial charge is 0.289 e. The molecule has 2 nitrogen and oxygen atoms in total. The van der Waals surface area contributed by atoms with Crippen LogP contribution in [0.1, 0.15) is 34.0 Å². The van der Waals surface area contributed by atoms with Gasteiger partial charge in [0.1, 0.15) is 0 Å². The van der Waals surface area contributed by atoms with Gasteiger partial charge in [0.15, 0.2) is 5.78 Å². The van der Waals surface area contributed by atoms with Crippen LogP contribution in [0.25, 0.3) is 22.0 Å². The summed E-state index contributed by atoms with van der Waals surface area (Å²) in [4.78, 5) is 17.4. The molecule has 0 spiro atoms. The molecule has 0 N–H and O–H groups in total. The van der Waals surface area contributed by atoms with Crippen LogP contribution in [0.3, 0.4) is 0 Å². The van der Waals surface area contributed by atoms with E-state index in [1.807, 2.05) is 25.1 Å². The quantitative estimate of drug-likeness (QED) is 0.353. The second kappa shape index (κ2) is 7.75. The highest BCUT2D eigenvalue weighted by atomic mass is 19.4. The number of fused-ring (bicyclic) bond motifs is 1. The molecule has 0 bridgehead atoms. The number of aromatic nitrogens is 1. The number of nitrogens with zero attached hydrogens (tertiary/aromatic N) is 1. The summed E-state index contributed by atoms with van der Waals surface area (Å²) in [6.07, 6.45) is -2.43. The van der Waals surface area contributed by atoms with E-state index in [2.05, 4.69) is 4.98 Å². The number of benzene rings is 3. The van der Waals surface area contributed by atoms with E-state index < -0.39 is 11.7 Å². The van der Waals surface area contributed by atoms with Crippen molar-refractivity contribution in [1.29, 1.82) is 0 Å². The van der Waals surface area contributed by atoms with Crippen molar-refractivity contribution in [2.24, 2.45) is 0 Å². The standard InChI is InChI=1S/C25H18F3NO/c1-2-16-11-13-18(14-12-16)24(30)20-15-29-23-19(9-6-10-21(23)25(26,27)28)22(20)17-7-4-3-5-8-17/h3-15H,2H2,1H3. The number of rotatable bonds is 4. The maximum atomic E-state index is 13.5. The van der Waals surface area contributed by atoms with Crippen LogP contribution >= 0.6 is 0 Å². The van der Waals surface area contributed by atoms with E-state index in [4.69, 9.17) is 0 Å². The molecule has 1 aromatic heterocycles. The summed E-state index contributed by atoms with van der Waals surface area (Å²) in [6, 6.07) is 20.2. The fourth-order valence-electron chi connectivity index (χ4n) is 3.59. The van der Waals surface area contributed by atoms with Gasteiger partial charge in [-0.3, -0.25) is 9.78 Å². The lowest BCUT2D eigenvalue weighted by molar-refractivity contribution is -0.136. The maximum Gasteiger partial charge on any atom is 0.418 e. The maximum absolute atomic E-state index is 13.5. The van der Waals surface area contributed by atoms with E-state index in [-0.39, 0.29) is 16.9 Å². The molecule has 4 aromatic rings. The third kappa shape index (κ3) is 3.59. The van der Waals surface area contributed by atoms with Crippen molar-refractivity contribution in [1.82, 2.24) is 4.98 Å². The summed E-state index contributed by atoms with van der Waals surface area (Å²) in [5, 5.41) is 0.298. The van der Waals surface area contributed by atoms with Crippen molar-refractivity contribution in [3.05, 3.63) is 101 Å². The summed E-state index contributed by atoms with van der Waals surface area (Å²) >= 11 is 0. The molecule has 30 heavy (non-hydrogen) atoms. The molecule has 4 rings (SSSR count). The fourth-order valence-corrected chi connectivity index (χ4v) is 3.59. The number of hydrogen-bond acceptors (Lipinski definition) is 2. The summed E-state index contributed by atoms with van der Waals surface area (Å²) in [5.41, 5.74) is 1.98. The largest absolute Gasteiger partial charge is 0.418 e. The van der Waals surface area contributed by atoms with Crippen LogP contribution in [0.5, 0.6) is 0 Å². The summed E-state index contributed by atoms with van der Waals surface area (Å²) in [5.74, 6) is -0.275. The Bertz CT molecular complexity index is 1210. The molecule has 0 aliphatic carbocycles. The zero-order valence-electron chi connectivity index (χ0n) is 16.2. The SMILES string of the molecule is CCc1ccc(C(=O)c2cnc3c(C(F)(F)F)cccc3c2-c2ccccc2)cc1. The van der Waals surface area contributed by atoms with Crippen LogP contribution in [0.2, 0.25) is 0 Å². The first kappa shape index (κ1) is 19.8. The number of hydrogen-bond donors (Lipinski definition) is 0. The average molecular weight is 405 g/mol. The molecule has 0 unspecified atom stereocenters. The number of carbonyl (C=O) groups is 1. The number of pyridine rings is 1. The Morgan fingerprint density at radius 3 is 2.23 bits per heavy atom. The van der Waals surface area contributed by atoms with Gasteiger partial charge >= 0.3 is 6.18 Å². The molecular formula is C25H18F3NO. The van der Waals surface area contributed by atoms with Gasteiger partial charge in [0.25, 0.3) is 0 Å². The lowest BCUT2D eigenvalue weighted by Crippen LogP contribution is -2.09. The average Bonchev–Trinajstić information content (AvgIpc) is 2.77. The van der Waals surface area contributed by atoms with Crippen LogP contribution < -0.4 is 0 Å². The monoisotopic (exact) mass is 405 g/mol. The second-order valence-electron chi connectivity index (χ2n) is 6.99. The minimum Gasteiger partial charge on any atom is -0.289 e. The molecule has 0 aliphatic heterocycles. The van der Waals surface area contributed by atoms with Gasteiger partial charge in [-0.05, 0) is 23.6 Å². The van der Waals surface area contributed by atoms with Gasteiger partial charge in [-0.25, -0.2) is 0 Å². The number of aryl methyl sites for hydroxylation is 1. The van der Waals surface area contributed by atoms with E-state index in [9.17, 15) is 18.0 Å². The van der Waals surface area contributed by atoms with Gasteiger partial charge in [-0.2, -0.15) is 13.2 Å². The predicted molar refractivity (Wildman–Crippen MR) is 111 cm³/mol. The minimum absolute atomic E-state index is 0.165. The van der Waals surface area contributed by atoms with Gasteiger partial charge in [0.05, 0.1) is 11.1 Å². The Kier molecular flexibility index (Phi) is 5.12. The zero-order valence-corrected chi connectivity index (χ0v) is 16.2.